The van der Waals surface area contributed by atoms with Crippen LogP contribution < -0.4 is 14.8 Å². The fourth-order valence-electron chi connectivity index (χ4n) is 5.41. The standard InChI is InChI=1S/C28H33N3O4/c1-28(27(33)29-21-7-5-4-6-8-21)18-30-24-16-23(35-3)14-11-20(24)15-25(30)26(32)31(28)17-19-9-12-22(34-2)13-10-19/h9-16,21H,4-8,17-18H2,1-3H3,(H,29,33)/t28-/m0/s1. The highest BCUT2D eigenvalue weighted by Crippen LogP contribution is 2.35. The maximum absolute atomic E-state index is 13.9. The number of hydrogen-bond donors (Lipinski definition) is 1. The summed E-state index contributed by atoms with van der Waals surface area (Å²) in [5.74, 6) is 1.23. The summed E-state index contributed by atoms with van der Waals surface area (Å²) in [7, 11) is 3.26. The summed E-state index contributed by atoms with van der Waals surface area (Å²) < 4.78 is 12.7. The number of nitrogens with zero attached hydrogens (tertiary/aromatic N) is 2. The Labute approximate surface area is 206 Å². The predicted molar refractivity (Wildman–Crippen MR) is 135 cm³/mol. The highest BCUT2D eigenvalue weighted by atomic mass is 16.5. The van der Waals surface area contributed by atoms with E-state index in [1.54, 1.807) is 19.1 Å². The Morgan fingerprint density at radius 1 is 1.00 bits per heavy atom. The maximum Gasteiger partial charge on any atom is 0.271 e. The first-order valence-electron chi connectivity index (χ1n) is 12.4. The average Bonchev–Trinajstić information content (AvgIpc) is 3.25. The molecule has 2 aromatic carbocycles. The van der Waals surface area contributed by atoms with Gasteiger partial charge in [-0.15, -0.1) is 0 Å². The van der Waals surface area contributed by atoms with Gasteiger partial charge in [0.2, 0.25) is 5.91 Å². The van der Waals surface area contributed by atoms with E-state index in [0.29, 0.717) is 18.8 Å². The molecule has 1 aliphatic carbocycles. The average molecular weight is 476 g/mol. The lowest BCUT2D eigenvalue weighted by Gasteiger charge is -2.45. The lowest BCUT2D eigenvalue weighted by atomic mass is 9.91. The van der Waals surface area contributed by atoms with Gasteiger partial charge in [0.1, 0.15) is 22.7 Å². The van der Waals surface area contributed by atoms with Crippen LogP contribution in [0.5, 0.6) is 11.5 Å². The summed E-state index contributed by atoms with van der Waals surface area (Å²) in [6.07, 6.45) is 5.45. The van der Waals surface area contributed by atoms with Gasteiger partial charge in [-0.05, 0) is 55.7 Å². The van der Waals surface area contributed by atoms with E-state index >= 15 is 0 Å². The molecule has 1 aliphatic heterocycles. The van der Waals surface area contributed by atoms with Crippen molar-refractivity contribution in [2.24, 2.45) is 0 Å². The molecule has 0 spiro atoms. The van der Waals surface area contributed by atoms with Crippen LogP contribution >= 0.6 is 0 Å². The van der Waals surface area contributed by atoms with Crippen molar-refractivity contribution in [2.75, 3.05) is 14.2 Å². The van der Waals surface area contributed by atoms with Crippen LogP contribution in [0.25, 0.3) is 10.9 Å². The van der Waals surface area contributed by atoms with Crippen molar-refractivity contribution in [3.8, 4) is 11.5 Å². The molecule has 0 radical (unpaired) electrons. The number of carbonyl (C=O) groups excluding carboxylic acids is 2. The number of amides is 2. The van der Waals surface area contributed by atoms with Crippen LogP contribution in [-0.4, -0.2) is 47.1 Å². The number of rotatable bonds is 6. The van der Waals surface area contributed by atoms with Crippen molar-refractivity contribution in [3.63, 3.8) is 0 Å². The number of hydrogen-bond acceptors (Lipinski definition) is 4. The van der Waals surface area contributed by atoms with Gasteiger partial charge in [-0.1, -0.05) is 31.4 Å². The number of fused-ring (bicyclic) bond motifs is 3. The van der Waals surface area contributed by atoms with Crippen LogP contribution in [0.2, 0.25) is 0 Å². The molecule has 7 nitrogen and oxygen atoms in total. The zero-order valence-corrected chi connectivity index (χ0v) is 20.7. The second kappa shape index (κ2) is 9.29. The molecule has 0 unspecified atom stereocenters. The molecule has 184 valence electrons. The molecule has 35 heavy (non-hydrogen) atoms. The summed E-state index contributed by atoms with van der Waals surface area (Å²) in [6, 6.07) is 15.5. The molecule has 7 heteroatoms. The van der Waals surface area contributed by atoms with Gasteiger partial charge in [0.15, 0.2) is 0 Å². The molecular weight excluding hydrogens is 442 g/mol. The third kappa shape index (κ3) is 4.24. The van der Waals surface area contributed by atoms with E-state index < -0.39 is 5.54 Å². The van der Waals surface area contributed by atoms with Crippen molar-refractivity contribution >= 4 is 22.7 Å². The Hall–Kier alpha value is -3.48. The Balaban J connectivity index is 1.55. The van der Waals surface area contributed by atoms with Crippen molar-refractivity contribution in [1.29, 1.82) is 0 Å². The number of nitrogens with one attached hydrogen (secondary N) is 1. The summed E-state index contributed by atoms with van der Waals surface area (Å²) >= 11 is 0. The molecular formula is C28H33N3O4. The third-order valence-electron chi connectivity index (χ3n) is 7.57. The first-order chi connectivity index (χ1) is 16.9. The molecule has 5 rings (SSSR count). The van der Waals surface area contributed by atoms with Crippen LogP contribution in [0.1, 0.15) is 55.1 Å². The number of aromatic nitrogens is 1. The fourth-order valence-corrected chi connectivity index (χ4v) is 5.41. The van der Waals surface area contributed by atoms with E-state index in [-0.39, 0.29) is 17.9 Å². The molecule has 1 aromatic heterocycles. The van der Waals surface area contributed by atoms with Crippen molar-refractivity contribution < 1.29 is 19.1 Å². The first kappa shape index (κ1) is 23.3. The largest absolute Gasteiger partial charge is 0.497 e. The smallest absolute Gasteiger partial charge is 0.271 e. The zero-order valence-electron chi connectivity index (χ0n) is 20.7. The normalized spacial score (nSPS) is 20.5. The second-order valence-corrected chi connectivity index (χ2v) is 9.86. The molecule has 2 aliphatic rings. The van der Waals surface area contributed by atoms with Gasteiger partial charge in [-0.25, -0.2) is 0 Å². The fraction of sp³-hybridized carbons (Fsp3) is 0.429. The minimum absolute atomic E-state index is 0.0957. The Morgan fingerprint density at radius 2 is 1.69 bits per heavy atom. The molecule has 1 atom stereocenters. The van der Waals surface area contributed by atoms with Crippen LogP contribution in [0.15, 0.2) is 48.5 Å². The maximum atomic E-state index is 13.9. The quantitative estimate of drug-likeness (QED) is 0.569. The monoisotopic (exact) mass is 475 g/mol. The van der Waals surface area contributed by atoms with Gasteiger partial charge in [0.05, 0.1) is 26.3 Å². The van der Waals surface area contributed by atoms with Crippen LogP contribution in [0.4, 0.5) is 0 Å². The van der Waals surface area contributed by atoms with Gasteiger partial charge in [0, 0.05) is 24.0 Å². The highest BCUT2D eigenvalue weighted by Gasteiger charge is 2.48. The molecule has 1 saturated carbocycles. The number of ether oxygens (including phenoxy) is 2. The lowest BCUT2D eigenvalue weighted by molar-refractivity contribution is -0.134. The molecule has 3 aromatic rings. The highest BCUT2D eigenvalue weighted by molar-refractivity contribution is 6.03. The topological polar surface area (TPSA) is 72.8 Å². The van der Waals surface area contributed by atoms with Gasteiger partial charge >= 0.3 is 0 Å². The van der Waals surface area contributed by atoms with E-state index in [1.165, 1.54) is 6.42 Å². The summed E-state index contributed by atoms with van der Waals surface area (Å²) in [5, 5.41) is 4.24. The van der Waals surface area contributed by atoms with E-state index in [9.17, 15) is 9.59 Å². The molecule has 1 fully saturated rings. The zero-order chi connectivity index (χ0) is 24.6. The molecule has 2 heterocycles. The van der Waals surface area contributed by atoms with E-state index in [0.717, 1.165) is 53.6 Å². The number of benzene rings is 2. The SMILES string of the molecule is COc1ccc(CN2C(=O)c3cc4ccc(OC)cc4n3C[C@@]2(C)C(=O)NC2CCCCC2)cc1. The predicted octanol–water partition coefficient (Wildman–Crippen LogP) is 4.52. The van der Waals surface area contributed by atoms with E-state index in [2.05, 4.69) is 5.32 Å². The van der Waals surface area contributed by atoms with Gasteiger partial charge in [0.25, 0.3) is 5.91 Å². The second-order valence-electron chi connectivity index (χ2n) is 9.86. The lowest BCUT2D eigenvalue weighted by Crippen LogP contribution is -2.64. The third-order valence-corrected chi connectivity index (χ3v) is 7.57. The van der Waals surface area contributed by atoms with Crippen molar-refractivity contribution in [2.45, 2.75) is 63.7 Å². The number of methoxy groups -OCH3 is 2. The minimum atomic E-state index is -1.05. The van der Waals surface area contributed by atoms with Gasteiger partial charge < -0.3 is 24.3 Å². The Kier molecular flexibility index (Phi) is 6.17. The van der Waals surface area contributed by atoms with Crippen LogP contribution in [0.3, 0.4) is 0 Å². The molecule has 0 saturated heterocycles. The Bertz CT molecular complexity index is 1240. The van der Waals surface area contributed by atoms with Crippen LogP contribution in [-0.2, 0) is 17.9 Å². The Morgan fingerprint density at radius 3 is 2.37 bits per heavy atom. The molecule has 1 N–H and O–H groups in total. The number of carbonyl (C=O) groups is 2. The molecule has 2 amide bonds. The van der Waals surface area contributed by atoms with Crippen molar-refractivity contribution in [3.05, 3.63) is 59.8 Å². The minimum Gasteiger partial charge on any atom is -0.497 e. The summed E-state index contributed by atoms with van der Waals surface area (Å²) in [6.45, 7) is 2.60. The van der Waals surface area contributed by atoms with Crippen molar-refractivity contribution in [1.82, 2.24) is 14.8 Å². The van der Waals surface area contributed by atoms with E-state index in [1.807, 2.05) is 60.0 Å². The van der Waals surface area contributed by atoms with E-state index in [4.69, 9.17) is 9.47 Å². The van der Waals surface area contributed by atoms with Gasteiger partial charge in [-0.3, -0.25) is 9.59 Å². The summed E-state index contributed by atoms with van der Waals surface area (Å²) in [4.78, 5) is 29.5. The van der Waals surface area contributed by atoms with Gasteiger partial charge in [-0.2, -0.15) is 0 Å². The first-order valence-corrected chi connectivity index (χ1v) is 12.4. The van der Waals surface area contributed by atoms with Crippen LogP contribution in [0, 0.1) is 0 Å². The summed E-state index contributed by atoms with van der Waals surface area (Å²) in [5.41, 5.74) is 1.39. The molecule has 0 bridgehead atoms.